The van der Waals surface area contributed by atoms with Crippen molar-refractivity contribution in [1.82, 2.24) is 0 Å². The molecule has 0 aromatic carbocycles. The van der Waals surface area contributed by atoms with Gasteiger partial charge in [0.15, 0.2) is 0 Å². The summed E-state index contributed by atoms with van der Waals surface area (Å²) in [6, 6.07) is 0. The van der Waals surface area contributed by atoms with Crippen LogP contribution in [-0.2, 0) is 4.74 Å². The van der Waals surface area contributed by atoms with Crippen molar-refractivity contribution >= 4 is 0 Å². The van der Waals surface area contributed by atoms with Crippen LogP contribution < -0.4 is 0 Å². The van der Waals surface area contributed by atoms with Crippen LogP contribution in [0.2, 0.25) is 0 Å². The van der Waals surface area contributed by atoms with E-state index in [-0.39, 0.29) is 0 Å². The summed E-state index contributed by atoms with van der Waals surface area (Å²) in [5.74, 6) is 0. The smallest absolute Gasteiger partial charge is 0.0643 e. The average molecular weight is 85.1 g/mol. The first-order chi connectivity index (χ1) is 2.91. The molecule has 1 radical (unpaired) electrons. The Hall–Kier alpha value is -0.300. The van der Waals surface area contributed by atoms with Gasteiger partial charge in [0.25, 0.3) is 0 Å². The lowest BCUT2D eigenvalue weighted by atomic mass is 10.6. The van der Waals surface area contributed by atoms with E-state index in [9.17, 15) is 0 Å². The summed E-state index contributed by atoms with van der Waals surface area (Å²) in [6.45, 7) is 4.13. The van der Waals surface area contributed by atoms with E-state index >= 15 is 0 Å². The zero-order valence-electron chi connectivity index (χ0n) is 3.98. The predicted molar refractivity (Wildman–Crippen MR) is 26.4 cm³/mol. The number of rotatable bonds is 2. The van der Waals surface area contributed by atoms with Gasteiger partial charge in [-0.05, 0) is 6.92 Å². The molecule has 0 aromatic heterocycles. The molecule has 0 heterocycles. The van der Waals surface area contributed by atoms with E-state index in [1.807, 2.05) is 6.08 Å². The molecule has 0 atom stereocenters. The minimum atomic E-state index is 0.670. The Bertz CT molecular complexity index is 39.2. The van der Waals surface area contributed by atoms with Gasteiger partial charge in [0.1, 0.15) is 0 Å². The van der Waals surface area contributed by atoms with Gasteiger partial charge in [-0.3, -0.25) is 0 Å². The number of ether oxygens (including phenoxy) is 1. The summed E-state index contributed by atoms with van der Waals surface area (Å²) < 4.78 is 4.66. The molecule has 0 aliphatic carbocycles. The summed E-state index contributed by atoms with van der Waals surface area (Å²) in [5.41, 5.74) is 0. The molecule has 1 heteroatoms. The summed E-state index contributed by atoms with van der Waals surface area (Å²) in [7, 11) is 1.65. The zero-order chi connectivity index (χ0) is 4.83. The summed E-state index contributed by atoms with van der Waals surface area (Å²) in [5, 5.41) is 0. The van der Waals surface area contributed by atoms with Crippen molar-refractivity contribution in [2.75, 3.05) is 13.7 Å². The van der Waals surface area contributed by atoms with Crippen LogP contribution >= 0.6 is 0 Å². The van der Waals surface area contributed by atoms with Crippen LogP contribution in [0.1, 0.15) is 0 Å². The quantitative estimate of drug-likeness (QED) is 0.486. The Morgan fingerprint density at radius 1 is 1.83 bits per heavy atom. The molecule has 0 fully saturated rings. The van der Waals surface area contributed by atoms with Gasteiger partial charge in [0.05, 0.1) is 6.61 Å². The highest BCUT2D eigenvalue weighted by atomic mass is 16.5. The van der Waals surface area contributed by atoms with Crippen LogP contribution in [0.15, 0.2) is 12.2 Å². The van der Waals surface area contributed by atoms with Gasteiger partial charge in [0.2, 0.25) is 0 Å². The third-order valence-electron chi connectivity index (χ3n) is 0.430. The van der Waals surface area contributed by atoms with Crippen LogP contribution in [-0.4, -0.2) is 13.7 Å². The Morgan fingerprint density at radius 3 is 2.67 bits per heavy atom. The van der Waals surface area contributed by atoms with Crippen LogP contribution in [0.25, 0.3) is 0 Å². The molecule has 6 heavy (non-hydrogen) atoms. The first-order valence-electron chi connectivity index (χ1n) is 1.85. The zero-order valence-corrected chi connectivity index (χ0v) is 3.98. The van der Waals surface area contributed by atoms with Crippen LogP contribution in [0, 0.1) is 6.92 Å². The SMILES string of the molecule is [CH2]C=CCOC. The molecular weight excluding hydrogens is 76.1 g/mol. The summed E-state index contributed by atoms with van der Waals surface area (Å²) in [4.78, 5) is 0. The maximum atomic E-state index is 4.66. The molecule has 0 rings (SSSR count). The average Bonchev–Trinajstić information content (AvgIpc) is 1.61. The minimum Gasteiger partial charge on any atom is -0.381 e. The van der Waals surface area contributed by atoms with Gasteiger partial charge < -0.3 is 4.74 Å². The maximum Gasteiger partial charge on any atom is 0.0643 e. The Labute approximate surface area is 38.6 Å². The molecule has 0 spiro atoms. The molecule has 1 nitrogen and oxygen atoms in total. The second-order valence-corrected chi connectivity index (χ2v) is 0.927. The first-order valence-corrected chi connectivity index (χ1v) is 1.85. The van der Waals surface area contributed by atoms with Crippen LogP contribution in [0.4, 0.5) is 0 Å². The molecule has 0 bridgehead atoms. The van der Waals surface area contributed by atoms with Gasteiger partial charge in [-0.25, -0.2) is 0 Å². The fourth-order valence-corrected chi connectivity index (χ4v) is 0.164. The maximum absolute atomic E-state index is 4.66. The van der Waals surface area contributed by atoms with E-state index in [0.29, 0.717) is 6.61 Å². The van der Waals surface area contributed by atoms with Gasteiger partial charge in [-0.2, -0.15) is 0 Å². The predicted octanol–water partition coefficient (Wildman–Crippen LogP) is 1.02. The van der Waals surface area contributed by atoms with E-state index < -0.39 is 0 Å². The minimum absolute atomic E-state index is 0.670. The molecule has 0 N–H and O–H groups in total. The Kier molecular flexibility index (Phi) is 4.46. The number of methoxy groups -OCH3 is 1. The van der Waals surface area contributed by atoms with E-state index in [2.05, 4.69) is 11.7 Å². The van der Waals surface area contributed by atoms with Crippen LogP contribution in [0.3, 0.4) is 0 Å². The highest BCUT2D eigenvalue weighted by Gasteiger charge is 1.62. The van der Waals surface area contributed by atoms with E-state index in [4.69, 9.17) is 0 Å². The van der Waals surface area contributed by atoms with E-state index in [1.54, 1.807) is 13.2 Å². The van der Waals surface area contributed by atoms with Crippen molar-refractivity contribution < 1.29 is 4.74 Å². The van der Waals surface area contributed by atoms with Gasteiger partial charge in [-0.1, -0.05) is 12.2 Å². The van der Waals surface area contributed by atoms with Crippen molar-refractivity contribution in [2.24, 2.45) is 0 Å². The van der Waals surface area contributed by atoms with Crippen molar-refractivity contribution in [3.8, 4) is 0 Å². The number of hydrogen-bond acceptors (Lipinski definition) is 1. The third-order valence-corrected chi connectivity index (χ3v) is 0.430. The normalized spacial score (nSPS) is 10.3. The van der Waals surface area contributed by atoms with Crippen molar-refractivity contribution in [3.05, 3.63) is 19.1 Å². The molecule has 0 aromatic rings. The molecule has 0 aliphatic rings. The Morgan fingerprint density at radius 2 is 2.50 bits per heavy atom. The van der Waals surface area contributed by atoms with Gasteiger partial charge >= 0.3 is 0 Å². The van der Waals surface area contributed by atoms with Crippen LogP contribution in [0.5, 0.6) is 0 Å². The van der Waals surface area contributed by atoms with Crippen molar-refractivity contribution in [2.45, 2.75) is 0 Å². The lowest BCUT2D eigenvalue weighted by Gasteiger charge is -1.81. The third kappa shape index (κ3) is 3.70. The molecule has 35 valence electrons. The van der Waals surface area contributed by atoms with Crippen molar-refractivity contribution in [3.63, 3.8) is 0 Å². The monoisotopic (exact) mass is 85.1 g/mol. The van der Waals surface area contributed by atoms with E-state index in [1.165, 1.54) is 0 Å². The Balaban J connectivity index is 2.66. The largest absolute Gasteiger partial charge is 0.381 e. The van der Waals surface area contributed by atoms with Gasteiger partial charge in [-0.15, -0.1) is 0 Å². The van der Waals surface area contributed by atoms with E-state index in [0.717, 1.165) is 0 Å². The molecule has 0 amide bonds. The first kappa shape index (κ1) is 5.70. The highest BCUT2D eigenvalue weighted by Crippen LogP contribution is 1.68. The summed E-state index contributed by atoms with van der Waals surface area (Å²) in [6.07, 6.45) is 3.56. The lowest BCUT2D eigenvalue weighted by molar-refractivity contribution is 0.234. The standard InChI is InChI=1S/C5H9O/c1-3-4-5-6-2/h3-4H,1,5H2,2H3. The molecule has 0 saturated carbocycles. The number of hydrogen-bond donors (Lipinski definition) is 0. The molecular formula is C5H9O. The fourth-order valence-electron chi connectivity index (χ4n) is 0.164. The van der Waals surface area contributed by atoms with Crippen molar-refractivity contribution in [1.29, 1.82) is 0 Å². The molecule has 0 unspecified atom stereocenters. The lowest BCUT2D eigenvalue weighted by Crippen LogP contribution is -1.77. The van der Waals surface area contributed by atoms with Gasteiger partial charge in [0, 0.05) is 7.11 Å². The highest BCUT2D eigenvalue weighted by molar-refractivity contribution is 4.82. The molecule has 0 aliphatic heterocycles. The summed E-state index contributed by atoms with van der Waals surface area (Å²) >= 11 is 0. The number of allylic oxidation sites excluding steroid dienone is 1. The topological polar surface area (TPSA) is 9.23 Å². The molecule has 0 saturated heterocycles. The second-order valence-electron chi connectivity index (χ2n) is 0.927. The fraction of sp³-hybridized carbons (Fsp3) is 0.400. The second kappa shape index (κ2) is 4.70.